The predicted molar refractivity (Wildman–Crippen MR) is 106 cm³/mol. The summed E-state index contributed by atoms with van der Waals surface area (Å²) in [4.78, 5) is 8.67. The molecule has 1 aromatic carbocycles. The van der Waals surface area contributed by atoms with Crippen LogP contribution in [0.3, 0.4) is 0 Å². The zero-order chi connectivity index (χ0) is 17.9. The molecule has 1 aliphatic heterocycles. The Morgan fingerprint density at radius 1 is 1.31 bits per heavy atom. The molecule has 2 aromatic rings. The Kier molecular flexibility index (Phi) is 7.18. The number of ether oxygens (including phenoxy) is 1. The molecule has 4 N–H and O–H groups in total. The first-order valence-electron chi connectivity index (χ1n) is 7.70. The van der Waals surface area contributed by atoms with E-state index in [0.29, 0.717) is 24.0 Å². The largest absolute Gasteiger partial charge is 0.376 e. The molecule has 3 rings (SSSR count). The van der Waals surface area contributed by atoms with Gasteiger partial charge in [-0.2, -0.15) is 4.98 Å². The van der Waals surface area contributed by atoms with Crippen molar-refractivity contribution in [3.05, 3.63) is 34.9 Å². The molecule has 0 aliphatic carbocycles. The molecule has 2 heterocycles. The number of nitrogens with one attached hydrogen (secondary N) is 2. The molecule has 1 aromatic heterocycles. The first kappa shape index (κ1) is 20.8. The molecule has 0 radical (unpaired) electrons. The Morgan fingerprint density at radius 3 is 2.65 bits per heavy atom. The number of nitrogens with zero attached hydrogens (tertiary/aromatic N) is 2. The van der Waals surface area contributed by atoms with Gasteiger partial charge >= 0.3 is 0 Å². The highest BCUT2D eigenvalue weighted by atomic mass is 79.9. The van der Waals surface area contributed by atoms with Gasteiger partial charge in [0.2, 0.25) is 16.0 Å². The van der Waals surface area contributed by atoms with E-state index >= 15 is 0 Å². The third kappa shape index (κ3) is 5.52. The lowest BCUT2D eigenvalue weighted by Crippen LogP contribution is -2.19. The Morgan fingerprint density at radius 2 is 2.04 bits per heavy atom. The molecule has 0 bridgehead atoms. The zero-order valence-corrected chi connectivity index (χ0v) is 16.9. The molecule has 1 fully saturated rings. The van der Waals surface area contributed by atoms with E-state index in [-0.39, 0.29) is 23.4 Å². The van der Waals surface area contributed by atoms with Gasteiger partial charge in [-0.05, 0) is 53.0 Å². The number of sulfonamides is 1. The molecule has 0 spiro atoms. The highest BCUT2D eigenvalue weighted by molar-refractivity contribution is 9.10. The summed E-state index contributed by atoms with van der Waals surface area (Å²) in [7, 11) is -3.71. The smallest absolute Gasteiger partial charge is 0.238 e. The highest BCUT2D eigenvalue weighted by Gasteiger charge is 2.16. The lowest BCUT2D eigenvalue weighted by atomic mass is 10.2. The first-order chi connectivity index (χ1) is 11.9. The van der Waals surface area contributed by atoms with Crippen molar-refractivity contribution in [2.24, 2.45) is 5.14 Å². The summed E-state index contributed by atoms with van der Waals surface area (Å²) in [5, 5.41) is 11.4. The minimum absolute atomic E-state index is 0. The number of anilines is 3. The molecule has 8 nitrogen and oxygen atoms in total. The Bertz CT molecular complexity index is 845. The van der Waals surface area contributed by atoms with Gasteiger partial charge in [-0.1, -0.05) is 0 Å². The summed E-state index contributed by atoms with van der Waals surface area (Å²) in [5.74, 6) is 1.05. The fourth-order valence-corrected chi connectivity index (χ4v) is 3.27. The van der Waals surface area contributed by atoms with Crippen LogP contribution in [0.1, 0.15) is 12.8 Å². The van der Waals surface area contributed by atoms with Crippen molar-refractivity contribution in [3.63, 3.8) is 0 Å². The van der Waals surface area contributed by atoms with E-state index in [2.05, 4.69) is 36.5 Å². The Balaban J connectivity index is 0.00000243. The molecular weight excluding hydrogens is 446 g/mol. The highest BCUT2D eigenvalue weighted by Crippen LogP contribution is 2.23. The second kappa shape index (κ2) is 8.96. The summed E-state index contributed by atoms with van der Waals surface area (Å²) in [5.41, 5.74) is 0.653. The summed E-state index contributed by atoms with van der Waals surface area (Å²) in [6, 6.07) is 6.05. The van der Waals surface area contributed by atoms with Crippen LogP contribution in [0, 0.1) is 0 Å². The average Bonchev–Trinajstić information content (AvgIpc) is 3.08. The molecule has 1 saturated heterocycles. The van der Waals surface area contributed by atoms with Crippen LogP contribution in [0.4, 0.5) is 17.5 Å². The molecule has 26 heavy (non-hydrogen) atoms. The quantitative estimate of drug-likeness (QED) is 0.601. The lowest BCUT2D eigenvalue weighted by molar-refractivity contribution is 0.120. The van der Waals surface area contributed by atoms with Crippen LogP contribution in [0.2, 0.25) is 0 Å². The second-order valence-corrected chi connectivity index (χ2v) is 8.02. The van der Waals surface area contributed by atoms with Crippen molar-refractivity contribution in [2.75, 3.05) is 23.8 Å². The molecule has 1 aliphatic rings. The average molecular weight is 465 g/mol. The second-order valence-electron chi connectivity index (χ2n) is 5.60. The number of primary sulfonamides is 1. The topological polar surface area (TPSA) is 119 Å². The van der Waals surface area contributed by atoms with Crippen LogP contribution in [-0.4, -0.2) is 37.6 Å². The van der Waals surface area contributed by atoms with Gasteiger partial charge in [0.15, 0.2) is 0 Å². The molecule has 1 atom stereocenters. The maximum atomic E-state index is 11.3. The monoisotopic (exact) mass is 463 g/mol. The number of hydrogen-bond acceptors (Lipinski definition) is 7. The van der Waals surface area contributed by atoms with Crippen LogP contribution < -0.4 is 15.8 Å². The minimum Gasteiger partial charge on any atom is -0.376 e. The molecule has 142 valence electrons. The van der Waals surface area contributed by atoms with Gasteiger partial charge in [0, 0.05) is 25.0 Å². The van der Waals surface area contributed by atoms with Crippen molar-refractivity contribution >= 4 is 55.8 Å². The van der Waals surface area contributed by atoms with Gasteiger partial charge in [-0.25, -0.2) is 18.5 Å². The summed E-state index contributed by atoms with van der Waals surface area (Å²) in [6.07, 6.45) is 3.96. The van der Waals surface area contributed by atoms with Gasteiger partial charge in [0.1, 0.15) is 5.82 Å². The van der Waals surface area contributed by atoms with E-state index in [9.17, 15) is 8.42 Å². The van der Waals surface area contributed by atoms with Crippen molar-refractivity contribution in [1.29, 1.82) is 0 Å². The van der Waals surface area contributed by atoms with Gasteiger partial charge in [-0.3, -0.25) is 0 Å². The van der Waals surface area contributed by atoms with E-state index in [1.54, 1.807) is 18.3 Å². The van der Waals surface area contributed by atoms with Crippen LogP contribution in [0.15, 0.2) is 39.8 Å². The normalized spacial score (nSPS) is 16.8. The van der Waals surface area contributed by atoms with Crippen LogP contribution >= 0.6 is 28.3 Å². The SMILES string of the molecule is Cl.NS(=O)(=O)c1ccc(Nc2ncc(Br)c(NCC3CCCO3)n2)cc1. The molecular formula is C15H19BrClN5O3S. The van der Waals surface area contributed by atoms with Crippen molar-refractivity contribution in [1.82, 2.24) is 9.97 Å². The zero-order valence-electron chi connectivity index (χ0n) is 13.7. The number of benzene rings is 1. The van der Waals surface area contributed by atoms with Gasteiger partial charge < -0.3 is 15.4 Å². The van der Waals surface area contributed by atoms with Crippen LogP contribution in [-0.2, 0) is 14.8 Å². The number of nitrogens with two attached hydrogens (primary N) is 1. The van der Waals surface area contributed by atoms with E-state index in [4.69, 9.17) is 9.88 Å². The third-order valence-electron chi connectivity index (χ3n) is 3.70. The van der Waals surface area contributed by atoms with E-state index < -0.39 is 10.0 Å². The standard InChI is InChI=1S/C15H18BrN5O3S.ClH/c16-13-9-19-15(21-14(13)18-8-11-2-1-7-24-11)20-10-3-5-12(6-4-10)25(17,22)23;/h3-6,9,11H,1-2,7-8H2,(H2,17,22,23)(H2,18,19,20,21);1H. The fraction of sp³-hybridized carbons (Fsp3) is 0.333. The number of hydrogen-bond donors (Lipinski definition) is 3. The van der Waals surface area contributed by atoms with E-state index in [0.717, 1.165) is 23.9 Å². The summed E-state index contributed by atoms with van der Waals surface area (Å²) in [6.45, 7) is 1.48. The number of rotatable bonds is 6. The maximum absolute atomic E-state index is 11.3. The Labute approximate surface area is 166 Å². The minimum atomic E-state index is -3.71. The van der Waals surface area contributed by atoms with Crippen molar-refractivity contribution in [2.45, 2.75) is 23.8 Å². The lowest BCUT2D eigenvalue weighted by Gasteiger charge is -2.13. The number of aromatic nitrogens is 2. The van der Waals surface area contributed by atoms with E-state index in [1.165, 1.54) is 12.1 Å². The Hall–Kier alpha value is -1.46. The van der Waals surface area contributed by atoms with Crippen molar-refractivity contribution < 1.29 is 13.2 Å². The molecule has 0 saturated carbocycles. The van der Waals surface area contributed by atoms with Gasteiger partial charge in [0.25, 0.3) is 0 Å². The van der Waals surface area contributed by atoms with Gasteiger partial charge in [-0.15, -0.1) is 12.4 Å². The maximum Gasteiger partial charge on any atom is 0.238 e. The summed E-state index contributed by atoms with van der Waals surface area (Å²) >= 11 is 3.42. The fourth-order valence-electron chi connectivity index (χ4n) is 2.42. The van der Waals surface area contributed by atoms with Gasteiger partial charge in [0.05, 0.1) is 15.5 Å². The molecule has 0 amide bonds. The van der Waals surface area contributed by atoms with Crippen molar-refractivity contribution in [3.8, 4) is 0 Å². The molecule has 11 heteroatoms. The summed E-state index contributed by atoms with van der Waals surface area (Å²) < 4.78 is 28.9. The van der Waals surface area contributed by atoms with E-state index in [1.807, 2.05) is 0 Å². The predicted octanol–water partition coefficient (Wildman–Crippen LogP) is 2.64. The first-order valence-corrected chi connectivity index (χ1v) is 10.0. The number of halogens is 2. The molecule has 1 unspecified atom stereocenters. The van der Waals surface area contributed by atoms with Crippen LogP contribution in [0.5, 0.6) is 0 Å². The third-order valence-corrected chi connectivity index (χ3v) is 5.21. The van der Waals surface area contributed by atoms with Crippen LogP contribution in [0.25, 0.3) is 0 Å².